The van der Waals surface area contributed by atoms with E-state index in [2.05, 4.69) is 0 Å². The molecule has 0 amide bonds. The Morgan fingerprint density at radius 1 is 1.45 bits per heavy atom. The van der Waals surface area contributed by atoms with Gasteiger partial charge in [-0.3, -0.25) is 0 Å². The summed E-state index contributed by atoms with van der Waals surface area (Å²) < 4.78 is 31.6. The van der Waals surface area contributed by atoms with Gasteiger partial charge in [0.05, 0.1) is 4.90 Å². The van der Waals surface area contributed by atoms with Gasteiger partial charge in [-0.25, -0.2) is 8.42 Å². The van der Waals surface area contributed by atoms with Gasteiger partial charge >= 0.3 is 0 Å². The van der Waals surface area contributed by atoms with Crippen LogP contribution in [0.15, 0.2) is 11.0 Å². The van der Waals surface area contributed by atoms with E-state index in [4.69, 9.17) is 0 Å². The molecule has 1 rings (SSSR count). The molecule has 0 bridgehead atoms. The van der Waals surface area contributed by atoms with E-state index in [0.29, 0.717) is 4.88 Å². The first-order chi connectivity index (χ1) is 4.91. The lowest BCUT2D eigenvalue weighted by molar-refractivity contribution is 0.463. The van der Waals surface area contributed by atoms with Gasteiger partial charge < -0.3 is 4.55 Å². The summed E-state index contributed by atoms with van der Waals surface area (Å²) in [6.07, 6.45) is 0. The van der Waals surface area contributed by atoms with Crippen LogP contribution in [0.5, 0.6) is 0 Å². The van der Waals surface area contributed by atoms with Crippen LogP contribution in [-0.4, -0.2) is 13.0 Å². The summed E-state index contributed by atoms with van der Waals surface area (Å²) in [5.74, 6) is 0. The molecule has 0 aliphatic carbocycles. The Morgan fingerprint density at radius 3 is 2.18 bits per heavy atom. The molecule has 0 fully saturated rings. The van der Waals surface area contributed by atoms with E-state index < -0.39 is 10.1 Å². The number of hydrogen-bond acceptors (Lipinski definition) is 4. The molecule has 0 radical (unpaired) electrons. The van der Waals surface area contributed by atoms with Gasteiger partial charge in [0.1, 0.15) is 10.1 Å². The van der Waals surface area contributed by atoms with Gasteiger partial charge in [-0.15, -0.1) is 11.3 Å². The van der Waals surface area contributed by atoms with Gasteiger partial charge in [0.2, 0.25) is 0 Å². The van der Waals surface area contributed by atoms with E-state index >= 15 is 0 Å². The van der Waals surface area contributed by atoms with Crippen LogP contribution >= 0.6 is 11.3 Å². The Hall–Kier alpha value is -0.390. The average molecular weight is 191 g/mol. The Bertz CT molecular complexity index is 361. The van der Waals surface area contributed by atoms with E-state index in [1.54, 1.807) is 13.8 Å². The van der Waals surface area contributed by atoms with Crippen molar-refractivity contribution in [3.63, 3.8) is 0 Å². The predicted octanol–water partition coefficient (Wildman–Crippen LogP) is 1.27. The van der Waals surface area contributed by atoms with Gasteiger partial charge in [0.15, 0.2) is 0 Å². The van der Waals surface area contributed by atoms with Crippen molar-refractivity contribution in [3.8, 4) is 0 Å². The SMILES string of the molecule is Cc1cc(S(=O)(=O)[O-])c(C)s1. The third-order valence-corrected chi connectivity index (χ3v) is 3.32. The fourth-order valence-corrected chi connectivity index (χ4v) is 2.85. The molecule has 0 atom stereocenters. The average Bonchev–Trinajstić information content (AvgIpc) is 2.08. The highest BCUT2D eigenvalue weighted by atomic mass is 32.2. The highest BCUT2D eigenvalue weighted by molar-refractivity contribution is 7.86. The number of hydrogen-bond donors (Lipinski definition) is 0. The molecule has 1 heterocycles. The second-order valence-corrected chi connectivity index (χ2v) is 5.04. The fraction of sp³-hybridized carbons (Fsp3) is 0.333. The van der Waals surface area contributed by atoms with Crippen LogP contribution in [0.25, 0.3) is 0 Å². The van der Waals surface area contributed by atoms with E-state index in [9.17, 15) is 13.0 Å². The lowest BCUT2D eigenvalue weighted by Crippen LogP contribution is -1.97. The van der Waals surface area contributed by atoms with Crippen molar-refractivity contribution >= 4 is 21.5 Å². The summed E-state index contributed by atoms with van der Waals surface area (Å²) in [5.41, 5.74) is 0. The van der Waals surface area contributed by atoms with E-state index in [0.717, 1.165) is 4.88 Å². The molecule has 0 saturated carbocycles. The van der Waals surface area contributed by atoms with Crippen LogP contribution in [-0.2, 0) is 10.1 Å². The molecule has 0 saturated heterocycles. The van der Waals surface area contributed by atoms with Crippen LogP contribution < -0.4 is 0 Å². The molecule has 0 unspecified atom stereocenters. The maximum absolute atomic E-state index is 10.5. The van der Waals surface area contributed by atoms with Crippen molar-refractivity contribution in [2.75, 3.05) is 0 Å². The van der Waals surface area contributed by atoms with Crippen molar-refractivity contribution in [1.82, 2.24) is 0 Å². The highest BCUT2D eigenvalue weighted by Gasteiger charge is 2.07. The molecule has 0 spiro atoms. The van der Waals surface area contributed by atoms with E-state index in [1.807, 2.05) is 0 Å². The van der Waals surface area contributed by atoms with Crippen molar-refractivity contribution in [2.24, 2.45) is 0 Å². The Kier molecular flexibility index (Phi) is 2.04. The Balaban J connectivity index is 3.36. The molecule has 5 heteroatoms. The number of thiophene rings is 1. The second-order valence-electron chi connectivity index (χ2n) is 2.23. The van der Waals surface area contributed by atoms with E-state index in [-0.39, 0.29) is 4.90 Å². The van der Waals surface area contributed by atoms with Gasteiger partial charge in [0, 0.05) is 9.75 Å². The summed E-state index contributed by atoms with van der Waals surface area (Å²) in [6.45, 7) is 3.40. The predicted molar refractivity (Wildman–Crippen MR) is 41.8 cm³/mol. The van der Waals surface area contributed by atoms with Crippen LogP contribution in [0.4, 0.5) is 0 Å². The van der Waals surface area contributed by atoms with Crippen molar-refractivity contribution in [1.29, 1.82) is 0 Å². The first kappa shape index (κ1) is 8.70. The smallest absolute Gasteiger partial charge is 0.125 e. The first-order valence-electron chi connectivity index (χ1n) is 2.94. The quantitative estimate of drug-likeness (QED) is 0.628. The normalized spacial score (nSPS) is 11.9. The monoisotopic (exact) mass is 191 g/mol. The third kappa shape index (κ3) is 1.79. The minimum atomic E-state index is -4.25. The molecule has 0 N–H and O–H groups in total. The highest BCUT2D eigenvalue weighted by Crippen LogP contribution is 2.24. The Morgan fingerprint density at radius 2 is 2.00 bits per heavy atom. The second kappa shape index (κ2) is 2.58. The molecule has 62 valence electrons. The van der Waals surface area contributed by atoms with Gasteiger partial charge in [-0.2, -0.15) is 0 Å². The standard InChI is InChI=1S/C6H8O3S2/c1-4-3-6(5(2)10-4)11(7,8)9/h3H,1-2H3,(H,7,8,9)/p-1. The fourth-order valence-electron chi connectivity index (χ4n) is 0.856. The summed E-state index contributed by atoms with van der Waals surface area (Å²) in [4.78, 5) is 1.33. The number of rotatable bonds is 1. The van der Waals surface area contributed by atoms with Crippen LogP contribution in [0, 0.1) is 13.8 Å². The minimum absolute atomic E-state index is 0.0833. The molecule has 11 heavy (non-hydrogen) atoms. The maximum Gasteiger partial charge on any atom is 0.125 e. The molecule has 0 aliphatic rings. The molecule has 1 aromatic heterocycles. The number of aryl methyl sites for hydroxylation is 2. The Labute approximate surface area is 69.4 Å². The van der Waals surface area contributed by atoms with Gasteiger partial charge in [-0.1, -0.05) is 0 Å². The van der Waals surface area contributed by atoms with Crippen molar-refractivity contribution in [3.05, 3.63) is 15.8 Å². The van der Waals surface area contributed by atoms with Crippen LogP contribution in [0.1, 0.15) is 9.75 Å². The van der Waals surface area contributed by atoms with Gasteiger partial charge in [-0.05, 0) is 19.9 Å². The summed E-state index contributed by atoms with van der Waals surface area (Å²) in [5, 5.41) is 0. The molecular weight excluding hydrogens is 184 g/mol. The van der Waals surface area contributed by atoms with Crippen molar-refractivity contribution < 1.29 is 13.0 Å². The molecule has 3 nitrogen and oxygen atoms in total. The largest absolute Gasteiger partial charge is 0.744 e. The minimum Gasteiger partial charge on any atom is -0.744 e. The van der Waals surface area contributed by atoms with Crippen molar-refractivity contribution in [2.45, 2.75) is 18.7 Å². The van der Waals surface area contributed by atoms with Crippen LogP contribution in [0.2, 0.25) is 0 Å². The molecule has 0 aromatic carbocycles. The maximum atomic E-state index is 10.5. The van der Waals surface area contributed by atoms with E-state index in [1.165, 1.54) is 17.4 Å². The van der Waals surface area contributed by atoms with Gasteiger partial charge in [0.25, 0.3) is 0 Å². The topological polar surface area (TPSA) is 57.2 Å². The summed E-state index contributed by atoms with van der Waals surface area (Å²) in [7, 11) is -4.25. The lowest BCUT2D eigenvalue weighted by Gasteiger charge is -2.03. The zero-order valence-corrected chi connectivity index (χ0v) is 7.75. The summed E-state index contributed by atoms with van der Waals surface area (Å²) >= 11 is 1.32. The first-order valence-corrected chi connectivity index (χ1v) is 5.16. The molecule has 0 aliphatic heterocycles. The lowest BCUT2D eigenvalue weighted by atomic mass is 10.4. The summed E-state index contributed by atoms with van der Waals surface area (Å²) in [6, 6.07) is 1.41. The third-order valence-electron chi connectivity index (χ3n) is 1.26. The molecule has 1 aromatic rings. The van der Waals surface area contributed by atoms with Crippen LogP contribution in [0.3, 0.4) is 0 Å². The molecular formula is C6H7O3S2-. The zero-order chi connectivity index (χ0) is 8.65. The zero-order valence-electron chi connectivity index (χ0n) is 6.12.